The van der Waals surface area contributed by atoms with Crippen molar-refractivity contribution in [1.29, 1.82) is 5.26 Å². The van der Waals surface area contributed by atoms with Crippen molar-refractivity contribution in [1.82, 2.24) is 4.90 Å². The van der Waals surface area contributed by atoms with E-state index < -0.39 is 0 Å². The molecule has 0 aliphatic rings. The fourth-order valence-corrected chi connectivity index (χ4v) is 1.52. The van der Waals surface area contributed by atoms with Crippen molar-refractivity contribution < 1.29 is 4.74 Å². The van der Waals surface area contributed by atoms with Gasteiger partial charge in [0.25, 0.3) is 0 Å². The van der Waals surface area contributed by atoms with Gasteiger partial charge in [0.2, 0.25) is 0 Å². The number of benzene rings is 1. The van der Waals surface area contributed by atoms with E-state index in [0.29, 0.717) is 5.56 Å². The Morgan fingerprint density at radius 1 is 1.24 bits per heavy atom. The fraction of sp³-hybridized carbons (Fsp3) is 0.462. The van der Waals surface area contributed by atoms with Crippen molar-refractivity contribution >= 4 is 5.69 Å². The van der Waals surface area contributed by atoms with Gasteiger partial charge >= 0.3 is 0 Å². The first-order chi connectivity index (χ1) is 8.08. The maximum absolute atomic E-state index is 9.08. The second-order valence-corrected chi connectivity index (χ2v) is 4.22. The molecule has 0 atom stereocenters. The van der Waals surface area contributed by atoms with Crippen LogP contribution in [0.25, 0.3) is 0 Å². The predicted octanol–water partition coefficient (Wildman–Crippen LogP) is 1.56. The summed E-state index contributed by atoms with van der Waals surface area (Å²) in [5.41, 5.74) is 1.58. The minimum Gasteiger partial charge on any atom is -0.497 e. The van der Waals surface area contributed by atoms with E-state index in [1.54, 1.807) is 13.2 Å². The number of nitrogens with zero attached hydrogens (tertiary/aromatic N) is 3. The van der Waals surface area contributed by atoms with E-state index in [1.807, 2.05) is 33.3 Å². The smallest absolute Gasteiger partial charge is 0.121 e. The first kappa shape index (κ1) is 13.3. The van der Waals surface area contributed by atoms with E-state index in [9.17, 15) is 0 Å². The first-order valence-electron chi connectivity index (χ1n) is 5.52. The summed E-state index contributed by atoms with van der Waals surface area (Å²) in [6.07, 6.45) is 0. The Hall–Kier alpha value is -1.73. The van der Waals surface area contributed by atoms with Gasteiger partial charge in [-0.25, -0.2) is 0 Å². The van der Waals surface area contributed by atoms with Crippen LogP contribution in [0.2, 0.25) is 0 Å². The van der Waals surface area contributed by atoms with Gasteiger partial charge in [-0.2, -0.15) is 5.26 Å². The van der Waals surface area contributed by atoms with Crippen molar-refractivity contribution in [3.05, 3.63) is 23.8 Å². The Balaban J connectivity index is 2.90. The molecule has 0 unspecified atom stereocenters. The lowest BCUT2D eigenvalue weighted by Gasteiger charge is -2.22. The fourth-order valence-electron chi connectivity index (χ4n) is 1.52. The molecule has 0 amide bonds. The highest BCUT2D eigenvalue weighted by molar-refractivity contribution is 5.61. The first-order valence-corrected chi connectivity index (χ1v) is 5.52. The van der Waals surface area contributed by atoms with Crippen LogP contribution < -0.4 is 9.64 Å². The van der Waals surface area contributed by atoms with Crippen LogP contribution in [0, 0.1) is 11.3 Å². The molecule has 0 heterocycles. The second kappa shape index (κ2) is 6.12. The van der Waals surface area contributed by atoms with Crippen molar-refractivity contribution in [2.75, 3.05) is 46.2 Å². The van der Waals surface area contributed by atoms with Crippen LogP contribution in [0.1, 0.15) is 5.56 Å². The summed E-state index contributed by atoms with van der Waals surface area (Å²) >= 11 is 0. The zero-order valence-corrected chi connectivity index (χ0v) is 10.9. The molecule has 92 valence electrons. The summed E-state index contributed by atoms with van der Waals surface area (Å²) in [7, 11) is 7.68. The van der Waals surface area contributed by atoms with Gasteiger partial charge in [-0.15, -0.1) is 0 Å². The Morgan fingerprint density at radius 3 is 2.47 bits per heavy atom. The van der Waals surface area contributed by atoms with Gasteiger partial charge in [-0.3, -0.25) is 0 Å². The SMILES string of the molecule is COc1ccc(C#N)c(N(C)CCN(C)C)c1. The van der Waals surface area contributed by atoms with Crippen LogP contribution >= 0.6 is 0 Å². The van der Waals surface area contributed by atoms with E-state index in [-0.39, 0.29) is 0 Å². The number of likely N-dealkylation sites (N-methyl/N-ethyl adjacent to an activating group) is 2. The predicted molar refractivity (Wildman–Crippen MR) is 69.5 cm³/mol. The Labute approximate surface area is 103 Å². The standard InChI is InChI=1S/C13H19N3O/c1-15(2)7-8-16(3)13-9-12(17-4)6-5-11(13)10-14/h5-6,9H,7-8H2,1-4H3. The summed E-state index contributed by atoms with van der Waals surface area (Å²) in [6, 6.07) is 7.70. The molecular weight excluding hydrogens is 214 g/mol. The van der Waals surface area contributed by atoms with Crippen molar-refractivity contribution in [3.8, 4) is 11.8 Å². The van der Waals surface area contributed by atoms with Gasteiger partial charge < -0.3 is 14.5 Å². The molecule has 0 bridgehead atoms. The third-order valence-electron chi connectivity index (χ3n) is 2.62. The van der Waals surface area contributed by atoms with Crippen LogP contribution in [0.5, 0.6) is 5.75 Å². The number of anilines is 1. The number of methoxy groups -OCH3 is 1. The lowest BCUT2D eigenvalue weighted by molar-refractivity contribution is 0.412. The zero-order chi connectivity index (χ0) is 12.8. The van der Waals surface area contributed by atoms with Crippen LogP contribution in [0.15, 0.2) is 18.2 Å². The highest BCUT2D eigenvalue weighted by Crippen LogP contribution is 2.24. The minimum absolute atomic E-state index is 0.673. The molecule has 4 heteroatoms. The monoisotopic (exact) mass is 233 g/mol. The Morgan fingerprint density at radius 2 is 1.94 bits per heavy atom. The van der Waals surface area contributed by atoms with Crippen molar-refractivity contribution in [2.45, 2.75) is 0 Å². The average molecular weight is 233 g/mol. The molecule has 1 rings (SSSR count). The number of nitriles is 1. The van der Waals surface area contributed by atoms with E-state index in [0.717, 1.165) is 24.5 Å². The molecule has 0 aliphatic carbocycles. The molecule has 0 saturated carbocycles. The summed E-state index contributed by atoms with van der Waals surface area (Å²) in [6.45, 7) is 1.81. The third-order valence-corrected chi connectivity index (χ3v) is 2.62. The highest BCUT2D eigenvalue weighted by Gasteiger charge is 2.09. The maximum Gasteiger partial charge on any atom is 0.121 e. The van der Waals surface area contributed by atoms with E-state index in [1.165, 1.54) is 0 Å². The van der Waals surface area contributed by atoms with Gasteiger partial charge in [0, 0.05) is 26.2 Å². The van der Waals surface area contributed by atoms with Crippen LogP contribution in [-0.2, 0) is 0 Å². The average Bonchev–Trinajstić information content (AvgIpc) is 2.34. The molecule has 1 aromatic carbocycles. The van der Waals surface area contributed by atoms with Gasteiger partial charge in [0.15, 0.2) is 0 Å². The Kier molecular flexibility index (Phi) is 4.80. The normalized spacial score (nSPS) is 10.1. The largest absolute Gasteiger partial charge is 0.497 e. The number of hydrogen-bond donors (Lipinski definition) is 0. The zero-order valence-electron chi connectivity index (χ0n) is 10.9. The third kappa shape index (κ3) is 3.65. The van der Waals surface area contributed by atoms with E-state index in [2.05, 4.69) is 15.9 Å². The molecule has 0 N–H and O–H groups in total. The van der Waals surface area contributed by atoms with E-state index >= 15 is 0 Å². The highest BCUT2D eigenvalue weighted by atomic mass is 16.5. The second-order valence-electron chi connectivity index (χ2n) is 4.22. The molecule has 0 aliphatic heterocycles. The minimum atomic E-state index is 0.673. The van der Waals surface area contributed by atoms with Gasteiger partial charge in [0.05, 0.1) is 18.4 Å². The Bertz CT molecular complexity index is 410. The topological polar surface area (TPSA) is 39.5 Å². The molecule has 0 aromatic heterocycles. The van der Waals surface area contributed by atoms with Crippen LogP contribution in [0.4, 0.5) is 5.69 Å². The molecule has 0 fully saturated rings. The summed E-state index contributed by atoms with van der Waals surface area (Å²) in [5.74, 6) is 0.774. The number of ether oxygens (including phenoxy) is 1. The van der Waals surface area contributed by atoms with Gasteiger partial charge in [-0.1, -0.05) is 0 Å². The van der Waals surface area contributed by atoms with Crippen LogP contribution in [-0.4, -0.2) is 46.2 Å². The molecule has 0 spiro atoms. The van der Waals surface area contributed by atoms with Crippen LogP contribution in [0.3, 0.4) is 0 Å². The van der Waals surface area contributed by atoms with Crippen molar-refractivity contribution in [3.63, 3.8) is 0 Å². The molecule has 0 radical (unpaired) electrons. The van der Waals surface area contributed by atoms with E-state index in [4.69, 9.17) is 10.00 Å². The number of rotatable bonds is 5. The summed E-state index contributed by atoms with van der Waals surface area (Å²) < 4.78 is 5.18. The molecule has 0 saturated heterocycles. The summed E-state index contributed by atoms with van der Waals surface area (Å²) in [5, 5.41) is 9.08. The number of hydrogen-bond acceptors (Lipinski definition) is 4. The van der Waals surface area contributed by atoms with Gasteiger partial charge in [0.1, 0.15) is 11.8 Å². The lowest BCUT2D eigenvalue weighted by atomic mass is 10.1. The molecule has 17 heavy (non-hydrogen) atoms. The molecular formula is C13H19N3O. The van der Waals surface area contributed by atoms with Gasteiger partial charge in [-0.05, 0) is 26.2 Å². The molecule has 4 nitrogen and oxygen atoms in total. The van der Waals surface area contributed by atoms with Crippen molar-refractivity contribution in [2.24, 2.45) is 0 Å². The maximum atomic E-state index is 9.08. The summed E-state index contributed by atoms with van der Waals surface area (Å²) in [4.78, 5) is 4.18. The lowest BCUT2D eigenvalue weighted by Crippen LogP contribution is -2.28. The quantitative estimate of drug-likeness (QED) is 0.774. The molecule has 1 aromatic rings.